The smallest absolute Gasteiger partial charge is 0.269 e. The molecule has 8 heteroatoms. The van der Waals surface area contributed by atoms with Gasteiger partial charge >= 0.3 is 0 Å². The molecule has 7 nitrogen and oxygen atoms in total. The number of ether oxygens (including phenoxy) is 1. The fraction of sp³-hybridized carbons (Fsp3) is 0.0882. The van der Waals surface area contributed by atoms with E-state index < -0.39 is 26.1 Å². The number of oxime groups is 1. The van der Waals surface area contributed by atoms with Gasteiger partial charge in [-0.15, -0.1) is 0 Å². The van der Waals surface area contributed by atoms with E-state index in [2.05, 4.69) is 0 Å². The van der Waals surface area contributed by atoms with Crippen LogP contribution in [0, 0.1) is 10.1 Å². The first-order valence-electron chi connectivity index (χ1n) is 13.3. The third-order valence-corrected chi connectivity index (χ3v) is 9.41. The van der Waals surface area contributed by atoms with Gasteiger partial charge in [0.1, 0.15) is 27.7 Å². The molecule has 0 aromatic heterocycles. The van der Waals surface area contributed by atoms with Gasteiger partial charge in [0.15, 0.2) is 0 Å². The molecule has 1 aliphatic rings. The summed E-state index contributed by atoms with van der Waals surface area (Å²) in [6.07, 6.45) is 0. The van der Waals surface area contributed by atoms with E-state index in [4.69, 9.17) is 14.7 Å². The maximum atomic E-state index is 15.2. The molecule has 208 valence electrons. The lowest BCUT2D eigenvalue weighted by molar-refractivity contribution is -0.384. The molecule has 5 aromatic carbocycles. The average molecular weight is 575 g/mol. The molecule has 0 saturated carbocycles. The van der Waals surface area contributed by atoms with Crippen LogP contribution in [0.15, 0.2) is 150 Å². The Morgan fingerprint density at radius 3 is 1.74 bits per heavy atom. The van der Waals surface area contributed by atoms with Gasteiger partial charge in [0.2, 0.25) is 0 Å². The predicted molar refractivity (Wildman–Crippen MR) is 162 cm³/mol. The molecule has 0 saturated heterocycles. The van der Waals surface area contributed by atoms with E-state index in [1.807, 2.05) is 115 Å². The summed E-state index contributed by atoms with van der Waals surface area (Å²) in [4.78, 5) is 16.6. The molecular weight excluding hydrogens is 548 g/mol. The summed E-state index contributed by atoms with van der Waals surface area (Å²) in [5, 5.41) is 16.2. The minimum Gasteiger partial charge on any atom is -0.497 e. The Morgan fingerprint density at radius 2 is 1.24 bits per heavy atom. The first-order chi connectivity index (χ1) is 20.5. The number of rotatable bonds is 8. The van der Waals surface area contributed by atoms with Gasteiger partial charge in [-0.3, -0.25) is 10.1 Å². The van der Waals surface area contributed by atoms with Crippen molar-refractivity contribution in [1.29, 1.82) is 0 Å². The lowest BCUT2D eigenvalue weighted by Crippen LogP contribution is -2.55. The topological polar surface area (TPSA) is 91.0 Å². The molecule has 1 aliphatic heterocycles. The first kappa shape index (κ1) is 27.1. The molecule has 6 rings (SSSR count). The van der Waals surface area contributed by atoms with Crippen LogP contribution >= 0.6 is 0 Å². The van der Waals surface area contributed by atoms with Crippen LogP contribution in [0.1, 0.15) is 22.3 Å². The van der Waals surface area contributed by atoms with Crippen LogP contribution in [0.2, 0.25) is 0 Å². The number of hydrogen-bond donors (Lipinski definition) is 0. The number of nitro benzene ring substituents is 1. The highest BCUT2D eigenvalue weighted by atomic mass is 32.2. The van der Waals surface area contributed by atoms with Gasteiger partial charge in [-0.1, -0.05) is 96.2 Å². The number of nitrogens with zero attached hydrogens (tertiary/aromatic N) is 2. The normalized spacial score (nSPS) is 18.0. The Labute approximate surface area is 245 Å². The van der Waals surface area contributed by atoms with Crippen molar-refractivity contribution in [2.45, 2.75) is 15.2 Å². The van der Waals surface area contributed by atoms with E-state index in [0.29, 0.717) is 27.5 Å². The first-order valence-corrected chi connectivity index (χ1v) is 14.4. The Bertz CT molecular complexity index is 1720. The minimum atomic E-state index is -1.84. The molecule has 5 aromatic rings. The summed E-state index contributed by atoms with van der Waals surface area (Å²) >= 11 is 0. The van der Waals surface area contributed by atoms with Crippen molar-refractivity contribution >= 4 is 22.2 Å². The lowest BCUT2D eigenvalue weighted by Gasteiger charge is -2.44. The Kier molecular flexibility index (Phi) is 7.14. The van der Waals surface area contributed by atoms with Crippen LogP contribution in [0.25, 0.3) is 0 Å². The highest BCUT2D eigenvalue weighted by Gasteiger charge is 2.68. The highest BCUT2D eigenvalue weighted by molar-refractivity contribution is 7.86. The molecule has 2 unspecified atom stereocenters. The number of methoxy groups -OCH3 is 1. The quantitative estimate of drug-likeness (QED) is 0.147. The van der Waals surface area contributed by atoms with Crippen molar-refractivity contribution in [2.75, 3.05) is 7.11 Å². The van der Waals surface area contributed by atoms with Crippen molar-refractivity contribution in [1.82, 2.24) is 0 Å². The van der Waals surface area contributed by atoms with E-state index in [0.717, 1.165) is 11.1 Å². The maximum Gasteiger partial charge on any atom is 0.269 e. The monoisotopic (exact) mass is 574 g/mol. The fourth-order valence-corrected chi connectivity index (χ4v) is 7.48. The van der Waals surface area contributed by atoms with E-state index >= 15 is 4.21 Å². The predicted octanol–water partition coefficient (Wildman–Crippen LogP) is 6.98. The second-order valence-corrected chi connectivity index (χ2v) is 11.3. The van der Waals surface area contributed by atoms with E-state index in [1.165, 1.54) is 12.1 Å². The van der Waals surface area contributed by atoms with Crippen molar-refractivity contribution in [3.8, 4) is 5.75 Å². The standard InChI is InChI=1S/C34H26N2O5S/c1-40-30-23-19-28(20-24-30)34(42(39)31-15-9-4-10-16-31)33(26-11-5-2-6-12-26,27-13-7-3-8-14-27)32(35-41-34)25-17-21-29(22-18-25)36(37)38/h2-24H,1H3. The van der Waals surface area contributed by atoms with Crippen molar-refractivity contribution in [3.05, 3.63) is 172 Å². The molecule has 2 atom stereocenters. The van der Waals surface area contributed by atoms with E-state index in [9.17, 15) is 10.1 Å². The zero-order chi connectivity index (χ0) is 29.2. The zero-order valence-electron chi connectivity index (χ0n) is 22.6. The third kappa shape index (κ3) is 4.19. The summed E-state index contributed by atoms with van der Waals surface area (Å²) in [6.45, 7) is 0. The molecule has 0 aliphatic carbocycles. The van der Waals surface area contributed by atoms with Crippen LogP contribution < -0.4 is 4.74 Å². The highest BCUT2D eigenvalue weighted by Crippen LogP contribution is 2.58. The largest absolute Gasteiger partial charge is 0.497 e. The molecule has 0 bridgehead atoms. The molecule has 42 heavy (non-hydrogen) atoms. The molecule has 0 spiro atoms. The average Bonchev–Trinajstić information content (AvgIpc) is 3.43. The number of hydrogen-bond acceptors (Lipinski definition) is 6. The summed E-state index contributed by atoms with van der Waals surface area (Å²) in [5.41, 5.74) is 2.00. The Balaban J connectivity index is 1.75. The molecule has 0 amide bonds. The second kappa shape index (κ2) is 11.1. The molecule has 1 heterocycles. The third-order valence-electron chi connectivity index (χ3n) is 7.57. The van der Waals surface area contributed by atoms with Gasteiger partial charge in [-0.2, -0.15) is 0 Å². The SMILES string of the molecule is COc1ccc(C2(S(=O)c3ccccc3)ON=C(c3ccc([N+](=O)[O-])cc3)C2(c2ccccc2)c2ccccc2)cc1. The number of nitro groups is 1. The van der Waals surface area contributed by atoms with Gasteiger partial charge in [0.05, 0.1) is 12.0 Å². The van der Waals surface area contributed by atoms with Crippen LogP contribution in [0.4, 0.5) is 5.69 Å². The van der Waals surface area contributed by atoms with Crippen LogP contribution in [0.5, 0.6) is 5.75 Å². The van der Waals surface area contributed by atoms with Gasteiger partial charge in [0, 0.05) is 28.2 Å². The zero-order valence-corrected chi connectivity index (χ0v) is 23.4. The number of benzene rings is 5. The van der Waals surface area contributed by atoms with E-state index in [1.54, 1.807) is 19.2 Å². The minimum absolute atomic E-state index is 0.0439. The Morgan fingerprint density at radius 1 is 0.714 bits per heavy atom. The molecule has 0 radical (unpaired) electrons. The maximum absolute atomic E-state index is 15.2. The number of non-ortho nitro benzene ring substituents is 1. The van der Waals surface area contributed by atoms with Gasteiger partial charge < -0.3 is 9.57 Å². The molecular formula is C34H26N2O5S. The van der Waals surface area contributed by atoms with Gasteiger partial charge in [-0.25, -0.2) is 4.21 Å². The van der Waals surface area contributed by atoms with Crippen molar-refractivity contribution in [2.24, 2.45) is 5.16 Å². The summed E-state index contributed by atoms with van der Waals surface area (Å²) in [7, 11) is -0.249. The fourth-order valence-electron chi connectivity index (χ4n) is 5.68. The lowest BCUT2D eigenvalue weighted by atomic mass is 9.64. The van der Waals surface area contributed by atoms with E-state index in [-0.39, 0.29) is 5.69 Å². The molecule has 0 N–H and O–H groups in total. The summed E-state index contributed by atoms with van der Waals surface area (Å²) < 4.78 is 20.7. The summed E-state index contributed by atoms with van der Waals surface area (Å²) in [5.74, 6) is 0.638. The Hall–Kier alpha value is -5.08. The van der Waals surface area contributed by atoms with Gasteiger partial charge in [-0.05, 0) is 47.5 Å². The van der Waals surface area contributed by atoms with Gasteiger partial charge in [0.25, 0.3) is 10.6 Å². The van der Waals surface area contributed by atoms with Crippen molar-refractivity contribution < 1.29 is 18.7 Å². The summed E-state index contributed by atoms with van der Waals surface area (Å²) in [6, 6.07) is 42.2. The van der Waals surface area contributed by atoms with Crippen LogP contribution in [-0.2, 0) is 26.0 Å². The van der Waals surface area contributed by atoms with Crippen LogP contribution in [0.3, 0.4) is 0 Å². The molecule has 0 fully saturated rings. The van der Waals surface area contributed by atoms with Crippen LogP contribution in [-0.4, -0.2) is 22.0 Å². The second-order valence-electron chi connectivity index (χ2n) is 9.74. The van der Waals surface area contributed by atoms with Crippen molar-refractivity contribution in [3.63, 3.8) is 0 Å².